The third-order valence-electron chi connectivity index (χ3n) is 3.51. The van der Waals surface area contributed by atoms with Crippen molar-refractivity contribution in [2.75, 3.05) is 6.61 Å². The van der Waals surface area contributed by atoms with Gasteiger partial charge in [0.1, 0.15) is 18.1 Å². The summed E-state index contributed by atoms with van der Waals surface area (Å²) in [7, 11) is 0. The number of hydrogen-bond acceptors (Lipinski definition) is 2. The second-order valence-electron chi connectivity index (χ2n) is 4.91. The van der Waals surface area contributed by atoms with Gasteiger partial charge in [-0.05, 0) is 43.0 Å². The van der Waals surface area contributed by atoms with E-state index < -0.39 is 30.7 Å². The minimum Gasteiger partial charge on any atom is -0.487 e. The molecule has 1 unspecified atom stereocenters. The zero-order valence-corrected chi connectivity index (χ0v) is 11.1. The van der Waals surface area contributed by atoms with Crippen molar-refractivity contribution in [3.63, 3.8) is 0 Å². The van der Waals surface area contributed by atoms with Gasteiger partial charge in [0, 0.05) is 5.92 Å². The number of ether oxygens (including phenoxy) is 1. The Morgan fingerprint density at radius 3 is 2.57 bits per heavy atom. The molecule has 1 aromatic rings. The second-order valence-corrected chi connectivity index (χ2v) is 4.91. The molecule has 1 atom stereocenters. The lowest BCUT2D eigenvalue weighted by molar-refractivity contribution is -0.138. The fourth-order valence-corrected chi connectivity index (χ4v) is 2.68. The lowest BCUT2D eigenvalue weighted by atomic mass is 9.92. The van der Waals surface area contributed by atoms with Crippen molar-refractivity contribution in [3.8, 4) is 5.75 Å². The van der Waals surface area contributed by atoms with Crippen LogP contribution < -0.4 is 4.74 Å². The van der Waals surface area contributed by atoms with Crippen molar-refractivity contribution in [1.82, 2.24) is 0 Å². The van der Waals surface area contributed by atoms with Gasteiger partial charge in [-0.15, -0.1) is 0 Å². The highest BCUT2D eigenvalue weighted by Gasteiger charge is 2.41. The van der Waals surface area contributed by atoms with E-state index in [0.717, 1.165) is 12.1 Å². The summed E-state index contributed by atoms with van der Waals surface area (Å²) < 4.78 is 68.4. The molecule has 0 aliphatic heterocycles. The van der Waals surface area contributed by atoms with Crippen molar-refractivity contribution in [1.29, 1.82) is 0 Å². The minimum atomic E-state index is -4.59. The highest BCUT2D eigenvalue weighted by atomic mass is 19.4. The van der Waals surface area contributed by atoms with Gasteiger partial charge in [0.25, 0.3) is 6.43 Å². The summed E-state index contributed by atoms with van der Waals surface area (Å²) in [5.41, 5.74) is -0.799. The van der Waals surface area contributed by atoms with E-state index in [1.807, 2.05) is 0 Å². The van der Waals surface area contributed by atoms with Crippen molar-refractivity contribution in [3.05, 3.63) is 28.8 Å². The molecule has 116 valence electrons. The van der Waals surface area contributed by atoms with Crippen molar-refractivity contribution >= 4 is 5.78 Å². The SMILES string of the molecule is CC(=O)C1CCc2c(OCC(F)F)ccc(C(F)(F)F)c21. The van der Waals surface area contributed by atoms with Crippen molar-refractivity contribution < 1.29 is 31.5 Å². The Labute approximate surface area is 117 Å². The maximum atomic E-state index is 13.1. The molecule has 2 nitrogen and oxygen atoms in total. The van der Waals surface area contributed by atoms with Crippen LogP contribution in [0, 0.1) is 0 Å². The molecule has 0 radical (unpaired) electrons. The molecule has 0 amide bonds. The summed E-state index contributed by atoms with van der Waals surface area (Å²) in [5, 5.41) is 0. The third kappa shape index (κ3) is 3.16. The van der Waals surface area contributed by atoms with E-state index in [2.05, 4.69) is 0 Å². The number of halogens is 5. The summed E-state index contributed by atoms with van der Waals surface area (Å²) in [4.78, 5) is 11.5. The van der Waals surface area contributed by atoms with Crippen LogP contribution in [0.15, 0.2) is 12.1 Å². The maximum absolute atomic E-state index is 13.1. The summed E-state index contributed by atoms with van der Waals surface area (Å²) in [6, 6.07) is 1.84. The first-order valence-electron chi connectivity index (χ1n) is 6.36. The topological polar surface area (TPSA) is 26.3 Å². The summed E-state index contributed by atoms with van der Waals surface area (Å²) in [5.74, 6) is -1.22. The fourth-order valence-electron chi connectivity index (χ4n) is 2.68. The van der Waals surface area contributed by atoms with Gasteiger partial charge in [0.15, 0.2) is 0 Å². The predicted octanol–water partition coefficient (Wildman–Crippen LogP) is 3.97. The monoisotopic (exact) mass is 308 g/mol. The lowest BCUT2D eigenvalue weighted by Gasteiger charge is -2.18. The lowest BCUT2D eigenvalue weighted by Crippen LogP contribution is -2.15. The van der Waals surface area contributed by atoms with E-state index in [0.29, 0.717) is 0 Å². The van der Waals surface area contributed by atoms with Gasteiger partial charge in [-0.1, -0.05) is 0 Å². The largest absolute Gasteiger partial charge is 0.487 e. The maximum Gasteiger partial charge on any atom is 0.416 e. The molecular weight excluding hydrogens is 295 g/mol. The normalized spacial score (nSPS) is 18.0. The number of carbonyl (C=O) groups excluding carboxylic acids is 1. The molecule has 0 bridgehead atoms. The molecule has 1 aromatic carbocycles. The molecule has 0 fully saturated rings. The number of carbonyl (C=O) groups is 1. The quantitative estimate of drug-likeness (QED) is 0.787. The number of Topliss-reactive ketones (excluding diaryl/α,β-unsaturated/α-hetero) is 1. The van der Waals surface area contributed by atoms with Gasteiger partial charge in [0.2, 0.25) is 0 Å². The first-order valence-corrected chi connectivity index (χ1v) is 6.36. The van der Waals surface area contributed by atoms with Crippen LogP contribution in [0.5, 0.6) is 5.75 Å². The molecule has 2 rings (SSSR count). The molecule has 21 heavy (non-hydrogen) atoms. The van der Waals surface area contributed by atoms with Crippen molar-refractivity contribution in [2.45, 2.75) is 38.3 Å². The number of alkyl halides is 5. The first-order chi connectivity index (χ1) is 9.71. The van der Waals surface area contributed by atoms with E-state index in [-0.39, 0.29) is 35.5 Å². The van der Waals surface area contributed by atoms with Crippen LogP contribution in [-0.2, 0) is 17.4 Å². The van der Waals surface area contributed by atoms with E-state index >= 15 is 0 Å². The number of fused-ring (bicyclic) bond motifs is 1. The molecule has 1 aliphatic rings. The summed E-state index contributed by atoms with van der Waals surface area (Å²) in [6.45, 7) is 0.342. The van der Waals surface area contributed by atoms with E-state index in [4.69, 9.17) is 4.74 Å². The van der Waals surface area contributed by atoms with Crippen LogP contribution in [0.25, 0.3) is 0 Å². The van der Waals surface area contributed by atoms with Gasteiger partial charge in [-0.3, -0.25) is 4.79 Å². The molecule has 0 heterocycles. The molecule has 0 saturated heterocycles. The average Bonchev–Trinajstić information content (AvgIpc) is 2.79. The van der Waals surface area contributed by atoms with Gasteiger partial charge in [0.05, 0.1) is 5.56 Å². The number of benzene rings is 1. The van der Waals surface area contributed by atoms with Crippen LogP contribution in [0.3, 0.4) is 0 Å². The molecule has 0 N–H and O–H groups in total. The van der Waals surface area contributed by atoms with Crippen LogP contribution in [0.4, 0.5) is 22.0 Å². The van der Waals surface area contributed by atoms with E-state index in [1.165, 1.54) is 6.92 Å². The molecule has 0 saturated carbocycles. The Balaban J connectivity index is 2.49. The molecule has 7 heteroatoms. The Bertz CT molecular complexity index is 551. The van der Waals surface area contributed by atoms with E-state index in [9.17, 15) is 26.7 Å². The highest BCUT2D eigenvalue weighted by molar-refractivity contribution is 5.85. The Morgan fingerprint density at radius 2 is 2.05 bits per heavy atom. The summed E-state index contributed by atoms with van der Waals surface area (Å²) >= 11 is 0. The fraction of sp³-hybridized carbons (Fsp3) is 0.500. The van der Waals surface area contributed by atoms with Gasteiger partial charge < -0.3 is 4.74 Å². The Hall–Kier alpha value is -1.66. The Morgan fingerprint density at radius 1 is 1.38 bits per heavy atom. The van der Waals surface area contributed by atoms with E-state index in [1.54, 1.807) is 0 Å². The van der Waals surface area contributed by atoms with Crippen LogP contribution >= 0.6 is 0 Å². The van der Waals surface area contributed by atoms with Crippen LogP contribution in [0.2, 0.25) is 0 Å². The van der Waals surface area contributed by atoms with Gasteiger partial charge >= 0.3 is 6.18 Å². The van der Waals surface area contributed by atoms with Crippen molar-refractivity contribution in [2.24, 2.45) is 0 Å². The first kappa shape index (κ1) is 15.7. The minimum absolute atomic E-state index is 0.00190. The molecule has 0 aromatic heterocycles. The zero-order chi connectivity index (χ0) is 15.8. The Kier molecular flexibility index (Phi) is 4.20. The molecular formula is C14H13F5O2. The smallest absolute Gasteiger partial charge is 0.416 e. The zero-order valence-electron chi connectivity index (χ0n) is 11.1. The van der Waals surface area contributed by atoms with Gasteiger partial charge in [-0.2, -0.15) is 13.2 Å². The third-order valence-corrected chi connectivity index (χ3v) is 3.51. The predicted molar refractivity (Wildman–Crippen MR) is 64.7 cm³/mol. The average molecular weight is 308 g/mol. The van der Waals surface area contributed by atoms with Crippen LogP contribution in [-0.4, -0.2) is 18.8 Å². The standard InChI is InChI=1S/C14H13F5O2/c1-7(20)8-2-3-9-11(21-6-12(15)16)5-4-10(13(8)9)14(17,18)19/h4-5,8,12H,2-3,6H2,1H3. The molecule has 0 spiro atoms. The number of ketones is 1. The number of hydrogen-bond donors (Lipinski definition) is 0. The summed E-state index contributed by atoms with van der Waals surface area (Å²) in [6.07, 6.45) is -6.86. The second kappa shape index (κ2) is 5.61. The molecule has 1 aliphatic carbocycles. The van der Waals surface area contributed by atoms with Crippen LogP contribution in [0.1, 0.15) is 36.0 Å². The highest BCUT2D eigenvalue weighted by Crippen LogP contribution is 2.46. The van der Waals surface area contributed by atoms with Gasteiger partial charge in [-0.25, -0.2) is 8.78 Å². The number of rotatable bonds is 4.